The van der Waals surface area contributed by atoms with Crippen LogP contribution in [0.2, 0.25) is 10.0 Å². The Labute approximate surface area is 173 Å². The zero-order valence-corrected chi connectivity index (χ0v) is 16.2. The first-order chi connectivity index (χ1) is 13.9. The minimum atomic E-state index is -0.670. The van der Waals surface area contributed by atoms with E-state index in [-0.39, 0.29) is 24.3 Å². The Bertz CT molecular complexity index is 1220. The van der Waals surface area contributed by atoms with Crippen molar-refractivity contribution in [3.8, 4) is 11.8 Å². The molecule has 0 fully saturated rings. The van der Waals surface area contributed by atoms with Crippen LogP contribution in [0.4, 0.5) is 0 Å². The molecule has 29 heavy (non-hydrogen) atoms. The molecule has 146 valence electrons. The molecule has 1 aliphatic heterocycles. The van der Waals surface area contributed by atoms with Crippen LogP contribution in [0.5, 0.6) is 0 Å². The number of carbonyl (C=O) groups excluding carboxylic acids is 1. The van der Waals surface area contributed by atoms with E-state index in [0.717, 1.165) is 4.57 Å². The standard InChI is InChI=1S/C19H12Cl2N4O4/c20-13-5-14(21)7-15(6-13)25-18(27)23-9-16(10-24(23)19(25)28)29-17(26)12-3-1-11(8-22)2-4-12/h1-7,16H,9-10H2. The van der Waals surface area contributed by atoms with E-state index < -0.39 is 23.5 Å². The second-order valence-corrected chi connectivity index (χ2v) is 7.28. The summed E-state index contributed by atoms with van der Waals surface area (Å²) >= 11 is 11.9. The number of hydrogen-bond acceptors (Lipinski definition) is 5. The van der Waals surface area contributed by atoms with Crippen molar-refractivity contribution in [1.82, 2.24) is 13.9 Å². The highest BCUT2D eigenvalue weighted by atomic mass is 35.5. The van der Waals surface area contributed by atoms with Crippen molar-refractivity contribution in [2.24, 2.45) is 0 Å². The summed E-state index contributed by atoms with van der Waals surface area (Å²) in [5, 5.41) is 9.40. The summed E-state index contributed by atoms with van der Waals surface area (Å²) in [5.41, 5.74) is -0.195. The van der Waals surface area contributed by atoms with E-state index >= 15 is 0 Å². The third-order valence-electron chi connectivity index (χ3n) is 4.50. The Kier molecular flexibility index (Phi) is 4.78. The molecule has 2 aromatic carbocycles. The molecule has 0 atom stereocenters. The monoisotopic (exact) mass is 430 g/mol. The first-order valence-corrected chi connectivity index (χ1v) is 9.23. The molecule has 1 aromatic heterocycles. The van der Waals surface area contributed by atoms with E-state index in [9.17, 15) is 14.4 Å². The van der Waals surface area contributed by atoms with Gasteiger partial charge in [-0.05, 0) is 42.5 Å². The predicted octanol–water partition coefficient (Wildman–Crippen LogP) is 2.22. The summed E-state index contributed by atoms with van der Waals surface area (Å²) < 4.78 is 8.81. The molecule has 0 amide bonds. The molecule has 0 saturated carbocycles. The molecule has 0 radical (unpaired) electrons. The van der Waals surface area contributed by atoms with Crippen LogP contribution >= 0.6 is 23.2 Å². The highest BCUT2D eigenvalue weighted by Gasteiger charge is 2.30. The third kappa shape index (κ3) is 3.46. The largest absolute Gasteiger partial charge is 0.455 e. The first kappa shape index (κ1) is 19.1. The Balaban J connectivity index is 1.57. The van der Waals surface area contributed by atoms with E-state index in [1.807, 2.05) is 6.07 Å². The van der Waals surface area contributed by atoms with Crippen molar-refractivity contribution >= 4 is 29.2 Å². The van der Waals surface area contributed by atoms with Gasteiger partial charge in [-0.2, -0.15) is 5.26 Å². The van der Waals surface area contributed by atoms with Gasteiger partial charge in [0.15, 0.2) is 0 Å². The predicted molar refractivity (Wildman–Crippen MR) is 105 cm³/mol. The Morgan fingerprint density at radius 1 is 1.00 bits per heavy atom. The van der Waals surface area contributed by atoms with Gasteiger partial charge >= 0.3 is 17.3 Å². The van der Waals surface area contributed by atoms with E-state index in [0.29, 0.717) is 15.6 Å². The maximum Gasteiger partial charge on any atom is 0.351 e. The molecule has 0 bridgehead atoms. The fourth-order valence-corrected chi connectivity index (χ4v) is 3.69. The van der Waals surface area contributed by atoms with E-state index in [1.54, 1.807) is 0 Å². The van der Waals surface area contributed by atoms with Crippen molar-refractivity contribution in [3.63, 3.8) is 0 Å². The number of benzene rings is 2. The summed E-state index contributed by atoms with van der Waals surface area (Å²) in [7, 11) is 0. The number of ether oxygens (including phenoxy) is 1. The number of hydrogen-bond donors (Lipinski definition) is 0. The highest BCUT2D eigenvalue weighted by Crippen LogP contribution is 2.21. The normalized spacial score (nSPS) is 13.1. The number of nitriles is 1. The van der Waals surface area contributed by atoms with Gasteiger partial charge in [-0.25, -0.2) is 28.3 Å². The molecule has 2 heterocycles. The van der Waals surface area contributed by atoms with Crippen molar-refractivity contribution in [1.29, 1.82) is 5.26 Å². The lowest BCUT2D eigenvalue weighted by atomic mass is 10.1. The van der Waals surface area contributed by atoms with Crippen molar-refractivity contribution in [3.05, 3.63) is 84.6 Å². The summed E-state index contributed by atoms with van der Waals surface area (Å²) in [6, 6.07) is 12.4. The number of aromatic nitrogens is 3. The van der Waals surface area contributed by atoms with E-state index in [4.69, 9.17) is 33.2 Å². The molecule has 0 saturated heterocycles. The van der Waals surface area contributed by atoms with Gasteiger partial charge in [0.05, 0.1) is 36.0 Å². The van der Waals surface area contributed by atoms with E-state index in [1.165, 1.54) is 51.8 Å². The maximum absolute atomic E-state index is 12.7. The van der Waals surface area contributed by atoms with Crippen LogP contribution in [0.1, 0.15) is 15.9 Å². The summed E-state index contributed by atoms with van der Waals surface area (Å²) in [6.45, 7) is 0.0782. The molecule has 0 N–H and O–H groups in total. The fraction of sp³-hybridized carbons (Fsp3) is 0.158. The van der Waals surface area contributed by atoms with Gasteiger partial charge in [0.2, 0.25) is 0 Å². The van der Waals surface area contributed by atoms with Crippen LogP contribution in [-0.2, 0) is 17.8 Å². The Morgan fingerprint density at radius 3 is 2.07 bits per heavy atom. The number of fused-ring (bicyclic) bond motifs is 1. The maximum atomic E-state index is 12.7. The second-order valence-electron chi connectivity index (χ2n) is 6.41. The third-order valence-corrected chi connectivity index (χ3v) is 4.93. The molecular weight excluding hydrogens is 419 g/mol. The van der Waals surface area contributed by atoms with Gasteiger partial charge in [0.1, 0.15) is 6.10 Å². The van der Waals surface area contributed by atoms with Crippen LogP contribution in [-0.4, -0.2) is 26.0 Å². The van der Waals surface area contributed by atoms with Gasteiger partial charge < -0.3 is 4.74 Å². The zero-order valence-electron chi connectivity index (χ0n) is 14.7. The van der Waals surface area contributed by atoms with Gasteiger partial charge in [0.25, 0.3) is 0 Å². The van der Waals surface area contributed by atoms with Gasteiger partial charge in [-0.15, -0.1) is 0 Å². The first-order valence-electron chi connectivity index (χ1n) is 8.47. The van der Waals surface area contributed by atoms with Crippen LogP contribution in [0.3, 0.4) is 0 Å². The summed E-state index contributed by atoms with van der Waals surface area (Å²) in [6.07, 6.45) is -0.670. The summed E-state index contributed by atoms with van der Waals surface area (Å²) in [5.74, 6) is -0.597. The molecule has 1 aliphatic rings. The highest BCUT2D eigenvalue weighted by molar-refractivity contribution is 6.34. The summed E-state index contributed by atoms with van der Waals surface area (Å²) in [4.78, 5) is 37.7. The number of rotatable bonds is 3. The molecule has 0 spiro atoms. The molecule has 10 heteroatoms. The van der Waals surface area contributed by atoms with Crippen LogP contribution < -0.4 is 11.4 Å². The van der Waals surface area contributed by atoms with Gasteiger partial charge in [0, 0.05) is 10.0 Å². The lowest BCUT2D eigenvalue weighted by Gasteiger charge is -2.11. The van der Waals surface area contributed by atoms with Crippen LogP contribution in [0.25, 0.3) is 5.69 Å². The fourth-order valence-electron chi connectivity index (χ4n) is 3.18. The van der Waals surface area contributed by atoms with Crippen molar-refractivity contribution < 1.29 is 9.53 Å². The number of carbonyl (C=O) groups is 1. The average molecular weight is 431 g/mol. The number of esters is 1. The van der Waals surface area contributed by atoms with Gasteiger partial charge in [-0.1, -0.05) is 23.2 Å². The Hall–Kier alpha value is -3.28. The molecule has 4 rings (SSSR count). The number of nitrogens with zero attached hydrogens (tertiary/aromatic N) is 4. The average Bonchev–Trinajstić information content (AvgIpc) is 3.19. The lowest BCUT2D eigenvalue weighted by Crippen LogP contribution is -2.32. The number of halogens is 2. The van der Waals surface area contributed by atoms with Gasteiger partial charge in [-0.3, -0.25) is 0 Å². The van der Waals surface area contributed by atoms with Crippen molar-refractivity contribution in [2.45, 2.75) is 19.2 Å². The van der Waals surface area contributed by atoms with Crippen LogP contribution in [0.15, 0.2) is 52.1 Å². The second kappa shape index (κ2) is 7.28. The lowest BCUT2D eigenvalue weighted by molar-refractivity contribution is 0.0290. The molecule has 3 aromatic rings. The van der Waals surface area contributed by atoms with E-state index in [2.05, 4.69) is 0 Å². The minimum absolute atomic E-state index is 0.0391. The quantitative estimate of drug-likeness (QED) is 0.593. The minimum Gasteiger partial charge on any atom is -0.455 e. The SMILES string of the molecule is N#Cc1ccc(C(=O)OC2Cn3c(=O)n(-c4cc(Cl)cc(Cl)c4)c(=O)n3C2)cc1. The molecule has 8 nitrogen and oxygen atoms in total. The van der Waals surface area contributed by atoms with Crippen LogP contribution in [0, 0.1) is 11.3 Å². The molecule has 0 unspecified atom stereocenters. The molecular formula is C19H12Cl2N4O4. The smallest absolute Gasteiger partial charge is 0.351 e. The Morgan fingerprint density at radius 2 is 1.55 bits per heavy atom. The topological polar surface area (TPSA) is 99.0 Å². The van der Waals surface area contributed by atoms with Crippen molar-refractivity contribution in [2.75, 3.05) is 0 Å². The molecule has 0 aliphatic carbocycles. The zero-order chi connectivity index (χ0) is 20.7.